The molecular formula is C18H20FN3O2. The first-order valence-electron chi connectivity index (χ1n) is 8.07. The van der Waals surface area contributed by atoms with E-state index in [-0.39, 0.29) is 17.7 Å². The Morgan fingerprint density at radius 3 is 3.04 bits per heavy atom. The third-order valence-corrected chi connectivity index (χ3v) is 3.94. The van der Waals surface area contributed by atoms with Crippen molar-refractivity contribution in [3.63, 3.8) is 0 Å². The topological polar surface area (TPSA) is 63.2 Å². The Morgan fingerprint density at radius 2 is 2.33 bits per heavy atom. The molecule has 126 valence electrons. The van der Waals surface area contributed by atoms with Crippen molar-refractivity contribution in [1.29, 1.82) is 0 Å². The molecule has 1 saturated heterocycles. The Hall–Kier alpha value is -2.47. The number of amides is 1. The number of rotatable bonds is 6. The zero-order valence-electron chi connectivity index (χ0n) is 13.3. The van der Waals surface area contributed by atoms with Crippen LogP contribution in [0.2, 0.25) is 0 Å². The minimum absolute atomic E-state index is 0.0227. The van der Waals surface area contributed by atoms with E-state index < -0.39 is 5.82 Å². The number of nitrogens with one attached hydrogen (secondary N) is 2. The van der Waals surface area contributed by atoms with Gasteiger partial charge in [0.1, 0.15) is 5.75 Å². The monoisotopic (exact) mass is 329 g/mol. The minimum atomic E-state index is -0.469. The highest BCUT2D eigenvalue weighted by Crippen LogP contribution is 2.24. The Balaban J connectivity index is 1.53. The molecule has 1 aromatic heterocycles. The predicted molar refractivity (Wildman–Crippen MR) is 88.2 cm³/mol. The molecule has 6 heteroatoms. The number of nitrogens with zero attached hydrogens (tertiary/aromatic N) is 1. The first-order chi connectivity index (χ1) is 11.7. The smallest absolute Gasteiger partial charge is 0.221 e. The van der Waals surface area contributed by atoms with Crippen LogP contribution < -0.4 is 15.4 Å². The third kappa shape index (κ3) is 4.52. The third-order valence-electron chi connectivity index (χ3n) is 3.94. The van der Waals surface area contributed by atoms with Gasteiger partial charge in [0.2, 0.25) is 5.91 Å². The molecule has 0 aliphatic carbocycles. The highest BCUT2D eigenvalue weighted by Gasteiger charge is 2.17. The van der Waals surface area contributed by atoms with Crippen molar-refractivity contribution in [2.75, 3.05) is 6.54 Å². The summed E-state index contributed by atoms with van der Waals surface area (Å²) >= 11 is 0. The van der Waals surface area contributed by atoms with Crippen molar-refractivity contribution in [1.82, 2.24) is 15.6 Å². The summed E-state index contributed by atoms with van der Waals surface area (Å²) in [6.45, 7) is 1.28. The molecule has 0 saturated carbocycles. The second-order valence-electron chi connectivity index (χ2n) is 5.83. The zero-order valence-corrected chi connectivity index (χ0v) is 13.3. The highest BCUT2D eigenvalue weighted by atomic mass is 19.1. The van der Waals surface area contributed by atoms with Gasteiger partial charge in [-0.2, -0.15) is 0 Å². The molecule has 2 aromatic rings. The summed E-state index contributed by atoms with van der Waals surface area (Å²) in [5.41, 5.74) is 0.693. The fourth-order valence-electron chi connectivity index (χ4n) is 2.70. The summed E-state index contributed by atoms with van der Waals surface area (Å²) in [6, 6.07) is 8.36. The van der Waals surface area contributed by atoms with Crippen LogP contribution in [0, 0.1) is 5.82 Å². The van der Waals surface area contributed by atoms with Gasteiger partial charge >= 0.3 is 0 Å². The Morgan fingerprint density at radius 1 is 1.42 bits per heavy atom. The summed E-state index contributed by atoms with van der Waals surface area (Å²) in [6.07, 6.45) is 5.75. The number of hydrogen-bond acceptors (Lipinski definition) is 4. The molecule has 1 atom stereocenters. The van der Waals surface area contributed by atoms with Crippen LogP contribution in [-0.4, -0.2) is 23.5 Å². The maximum Gasteiger partial charge on any atom is 0.221 e. The SMILES string of the molecule is O=C(CC1CCCN1)NCc1ccc(Oc2cccnc2)c(F)c1. The molecule has 0 radical (unpaired) electrons. The quantitative estimate of drug-likeness (QED) is 0.855. The minimum Gasteiger partial charge on any atom is -0.453 e. The summed E-state index contributed by atoms with van der Waals surface area (Å²) in [5.74, 6) is 0.114. The zero-order chi connectivity index (χ0) is 16.8. The molecular weight excluding hydrogens is 309 g/mol. The average Bonchev–Trinajstić information content (AvgIpc) is 3.09. The van der Waals surface area contributed by atoms with Gasteiger partial charge in [0.25, 0.3) is 0 Å². The van der Waals surface area contributed by atoms with Crippen molar-refractivity contribution in [3.8, 4) is 11.5 Å². The number of aromatic nitrogens is 1. The maximum absolute atomic E-state index is 14.1. The summed E-state index contributed by atoms with van der Waals surface area (Å²) in [4.78, 5) is 15.8. The number of carbonyl (C=O) groups is 1. The van der Waals surface area contributed by atoms with Crippen LogP contribution in [0.25, 0.3) is 0 Å². The largest absolute Gasteiger partial charge is 0.453 e. The van der Waals surface area contributed by atoms with E-state index in [4.69, 9.17) is 4.74 Å². The van der Waals surface area contributed by atoms with E-state index in [9.17, 15) is 9.18 Å². The van der Waals surface area contributed by atoms with Crippen LogP contribution in [0.5, 0.6) is 11.5 Å². The normalized spacial score (nSPS) is 16.8. The van der Waals surface area contributed by atoms with Crippen LogP contribution >= 0.6 is 0 Å². The molecule has 1 aliphatic rings. The van der Waals surface area contributed by atoms with E-state index in [0.29, 0.717) is 24.3 Å². The van der Waals surface area contributed by atoms with Gasteiger partial charge in [-0.05, 0) is 49.2 Å². The lowest BCUT2D eigenvalue weighted by molar-refractivity contribution is -0.121. The average molecular weight is 329 g/mol. The van der Waals surface area contributed by atoms with Crippen molar-refractivity contribution in [2.24, 2.45) is 0 Å². The lowest BCUT2D eigenvalue weighted by Gasteiger charge is -2.11. The first-order valence-corrected chi connectivity index (χ1v) is 8.07. The highest BCUT2D eigenvalue weighted by molar-refractivity contribution is 5.76. The molecule has 2 N–H and O–H groups in total. The van der Waals surface area contributed by atoms with Crippen LogP contribution in [0.15, 0.2) is 42.7 Å². The number of hydrogen-bond donors (Lipinski definition) is 2. The van der Waals surface area contributed by atoms with Gasteiger partial charge in [0, 0.05) is 25.2 Å². The molecule has 1 amide bonds. The van der Waals surface area contributed by atoms with Crippen LogP contribution in [0.4, 0.5) is 4.39 Å². The predicted octanol–water partition coefficient (Wildman–Crippen LogP) is 2.77. The standard InChI is InChI=1S/C18H20FN3O2/c19-16-9-13(11-22-18(23)10-14-3-1-8-21-14)5-6-17(16)24-15-4-2-7-20-12-15/h2,4-7,9,12,14,21H,1,3,8,10-11H2,(H,22,23). The van der Waals surface area contributed by atoms with Crippen LogP contribution in [-0.2, 0) is 11.3 Å². The second-order valence-corrected chi connectivity index (χ2v) is 5.83. The van der Waals surface area contributed by atoms with Crippen molar-refractivity contribution in [3.05, 3.63) is 54.1 Å². The number of ether oxygens (including phenoxy) is 1. The van der Waals surface area contributed by atoms with Gasteiger partial charge in [0.05, 0.1) is 6.20 Å². The number of benzene rings is 1. The molecule has 1 unspecified atom stereocenters. The molecule has 0 spiro atoms. The van der Waals surface area contributed by atoms with Gasteiger partial charge in [-0.1, -0.05) is 6.07 Å². The van der Waals surface area contributed by atoms with Gasteiger partial charge in [-0.3, -0.25) is 9.78 Å². The van der Waals surface area contributed by atoms with Crippen molar-refractivity contribution in [2.45, 2.75) is 31.8 Å². The van der Waals surface area contributed by atoms with Gasteiger partial charge in [-0.15, -0.1) is 0 Å². The lowest BCUT2D eigenvalue weighted by Crippen LogP contribution is -2.31. The van der Waals surface area contributed by atoms with E-state index >= 15 is 0 Å². The number of halogens is 1. The molecule has 5 nitrogen and oxygen atoms in total. The molecule has 1 fully saturated rings. The van der Waals surface area contributed by atoms with Crippen molar-refractivity contribution < 1.29 is 13.9 Å². The van der Waals surface area contributed by atoms with E-state index in [1.807, 2.05) is 0 Å². The summed E-state index contributed by atoms with van der Waals surface area (Å²) in [5, 5.41) is 6.11. The van der Waals surface area contributed by atoms with Gasteiger partial charge < -0.3 is 15.4 Å². The molecule has 1 aliphatic heterocycles. The molecule has 0 bridgehead atoms. The van der Waals surface area contributed by atoms with Crippen molar-refractivity contribution >= 4 is 5.91 Å². The maximum atomic E-state index is 14.1. The molecule has 24 heavy (non-hydrogen) atoms. The lowest BCUT2D eigenvalue weighted by atomic mass is 10.1. The van der Waals surface area contributed by atoms with E-state index in [2.05, 4.69) is 15.6 Å². The molecule has 1 aromatic carbocycles. The molecule has 3 rings (SSSR count). The van der Waals surface area contributed by atoms with Crippen LogP contribution in [0.1, 0.15) is 24.8 Å². The fraction of sp³-hybridized carbons (Fsp3) is 0.333. The van der Waals surface area contributed by atoms with Gasteiger partial charge in [-0.25, -0.2) is 4.39 Å². The second kappa shape index (κ2) is 7.88. The van der Waals surface area contributed by atoms with E-state index in [0.717, 1.165) is 19.4 Å². The number of carbonyl (C=O) groups excluding carboxylic acids is 1. The number of pyridine rings is 1. The Kier molecular flexibility index (Phi) is 5.38. The Labute approximate surface area is 140 Å². The Bertz CT molecular complexity index is 688. The first kappa shape index (κ1) is 16.4. The molecule has 2 heterocycles. The summed E-state index contributed by atoms with van der Waals surface area (Å²) in [7, 11) is 0. The fourth-order valence-corrected chi connectivity index (χ4v) is 2.70. The van der Waals surface area contributed by atoms with E-state index in [1.165, 1.54) is 12.3 Å². The summed E-state index contributed by atoms with van der Waals surface area (Å²) < 4.78 is 19.6. The van der Waals surface area contributed by atoms with Gasteiger partial charge in [0.15, 0.2) is 11.6 Å². The van der Waals surface area contributed by atoms with Crippen LogP contribution in [0.3, 0.4) is 0 Å². The van der Waals surface area contributed by atoms with E-state index in [1.54, 1.807) is 30.5 Å².